The maximum absolute atomic E-state index is 12.2. The normalized spacial score (nSPS) is 19.2. The average Bonchev–Trinajstić information content (AvgIpc) is 2.35. The summed E-state index contributed by atoms with van der Waals surface area (Å²) in [5.74, 6) is -0.297. The second kappa shape index (κ2) is 5.33. The molecule has 1 aromatic carbocycles. The molecule has 0 aromatic heterocycles. The van der Waals surface area contributed by atoms with Gasteiger partial charge in [-0.1, -0.05) is 24.3 Å². The Hall–Kier alpha value is -1.36. The van der Waals surface area contributed by atoms with Crippen molar-refractivity contribution in [2.75, 3.05) is 12.9 Å². The molecule has 2 rings (SSSR count). The molecule has 0 aliphatic heterocycles. The summed E-state index contributed by atoms with van der Waals surface area (Å²) in [5, 5.41) is -0.687. The minimum Gasteiger partial charge on any atom is -0.469 e. The van der Waals surface area contributed by atoms with E-state index in [0.29, 0.717) is 0 Å². The Kier molecular flexibility index (Phi) is 3.94. The number of hydrogen-bond acceptors (Lipinski definition) is 4. The second-order valence-corrected chi connectivity index (χ2v) is 7.48. The monoisotopic (exact) mass is 282 g/mol. The van der Waals surface area contributed by atoms with Crippen LogP contribution in [0.2, 0.25) is 0 Å². The van der Waals surface area contributed by atoms with Gasteiger partial charge in [0, 0.05) is 5.92 Å². The van der Waals surface area contributed by atoms with Gasteiger partial charge in [-0.25, -0.2) is 8.42 Å². The number of fused-ring (bicyclic) bond motifs is 1. The summed E-state index contributed by atoms with van der Waals surface area (Å²) in [6, 6.07) is 7.89. The fourth-order valence-electron chi connectivity index (χ4n) is 2.40. The fourth-order valence-corrected chi connectivity index (χ4v) is 3.98. The van der Waals surface area contributed by atoms with Gasteiger partial charge in [-0.15, -0.1) is 0 Å². The lowest BCUT2D eigenvalue weighted by Crippen LogP contribution is -2.31. The van der Waals surface area contributed by atoms with Crippen LogP contribution < -0.4 is 0 Å². The molecule has 0 spiro atoms. The zero-order chi connectivity index (χ0) is 14.0. The Morgan fingerprint density at radius 3 is 2.74 bits per heavy atom. The van der Waals surface area contributed by atoms with Crippen LogP contribution in [0, 0.1) is 0 Å². The lowest BCUT2D eigenvalue weighted by molar-refractivity contribution is -0.140. The first-order valence-electron chi connectivity index (χ1n) is 6.30. The molecular formula is C14H18O4S. The van der Waals surface area contributed by atoms with Crippen LogP contribution in [0.4, 0.5) is 0 Å². The highest BCUT2D eigenvalue weighted by Crippen LogP contribution is 2.36. The maximum atomic E-state index is 12.2. The van der Waals surface area contributed by atoms with Crippen molar-refractivity contribution in [3.05, 3.63) is 35.4 Å². The first-order valence-corrected chi connectivity index (χ1v) is 8.01. The number of sulfone groups is 1. The van der Waals surface area contributed by atoms with E-state index in [2.05, 4.69) is 4.74 Å². The summed E-state index contributed by atoms with van der Waals surface area (Å²) < 4.78 is 28.9. The number of benzene rings is 1. The SMILES string of the molecule is COC(=O)CC(C)S(=O)(=O)CC1Cc2ccccc21. The Balaban J connectivity index is 2.02. The highest BCUT2D eigenvalue weighted by atomic mass is 32.2. The van der Waals surface area contributed by atoms with Crippen LogP contribution in [-0.4, -0.2) is 32.5 Å². The third kappa shape index (κ3) is 2.97. The van der Waals surface area contributed by atoms with Crippen molar-refractivity contribution in [2.45, 2.75) is 30.9 Å². The molecule has 2 atom stereocenters. The van der Waals surface area contributed by atoms with E-state index in [9.17, 15) is 13.2 Å². The Labute approximate surface area is 113 Å². The molecule has 0 bridgehead atoms. The summed E-state index contributed by atoms with van der Waals surface area (Å²) in [4.78, 5) is 11.1. The van der Waals surface area contributed by atoms with Crippen molar-refractivity contribution in [3.8, 4) is 0 Å². The topological polar surface area (TPSA) is 60.4 Å². The molecule has 1 aliphatic carbocycles. The van der Waals surface area contributed by atoms with Crippen LogP contribution in [0.1, 0.15) is 30.4 Å². The molecule has 0 saturated heterocycles. The van der Waals surface area contributed by atoms with E-state index < -0.39 is 21.1 Å². The van der Waals surface area contributed by atoms with Gasteiger partial charge in [0.15, 0.2) is 9.84 Å². The molecule has 0 heterocycles. The van der Waals surface area contributed by atoms with E-state index in [0.717, 1.165) is 12.0 Å². The number of ether oxygens (including phenoxy) is 1. The Morgan fingerprint density at radius 2 is 2.11 bits per heavy atom. The van der Waals surface area contributed by atoms with Crippen LogP contribution in [-0.2, 0) is 25.8 Å². The maximum Gasteiger partial charge on any atom is 0.306 e. The minimum atomic E-state index is -3.27. The average molecular weight is 282 g/mol. The van der Waals surface area contributed by atoms with Gasteiger partial charge in [0.25, 0.3) is 0 Å². The van der Waals surface area contributed by atoms with Gasteiger partial charge in [0.1, 0.15) is 0 Å². The van der Waals surface area contributed by atoms with Crippen molar-refractivity contribution < 1.29 is 17.9 Å². The molecule has 0 radical (unpaired) electrons. The van der Waals surface area contributed by atoms with Crippen LogP contribution in [0.3, 0.4) is 0 Å². The number of rotatable bonds is 5. The van der Waals surface area contributed by atoms with Gasteiger partial charge in [0.05, 0.1) is 24.5 Å². The number of hydrogen-bond donors (Lipinski definition) is 0. The van der Waals surface area contributed by atoms with Crippen LogP contribution in [0.5, 0.6) is 0 Å². The van der Waals surface area contributed by atoms with Gasteiger partial charge >= 0.3 is 5.97 Å². The molecule has 1 aromatic rings. The Morgan fingerprint density at radius 1 is 1.42 bits per heavy atom. The third-order valence-electron chi connectivity index (χ3n) is 3.69. The molecule has 1 aliphatic rings. The molecular weight excluding hydrogens is 264 g/mol. The van der Waals surface area contributed by atoms with Gasteiger partial charge in [0.2, 0.25) is 0 Å². The van der Waals surface area contributed by atoms with Crippen molar-refractivity contribution in [3.63, 3.8) is 0 Å². The van der Waals surface area contributed by atoms with Crippen molar-refractivity contribution in [2.24, 2.45) is 0 Å². The van der Waals surface area contributed by atoms with E-state index in [-0.39, 0.29) is 18.1 Å². The molecule has 0 saturated carbocycles. The highest BCUT2D eigenvalue weighted by Gasteiger charge is 2.33. The van der Waals surface area contributed by atoms with E-state index >= 15 is 0 Å². The van der Waals surface area contributed by atoms with E-state index in [4.69, 9.17) is 0 Å². The zero-order valence-electron chi connectivity index (χ0n) is 11.1. The summed E-state index contributed by atoms with van der Waals surface area (Å²) >= 11 is 0. The lowest BCUT2D eigenvalue weighted by atomic mass is 9.79. The molecule has 104 valence electrons. The van der Waals surface area contributed by atoms with Gasteiger partial charge in [-0.05, 0) is 24.5 Å². The second-order valence-electron chi connectivity index (χ2n) is 5.02. The summed E-state index contributed by atoms with van der Waals surface area (Å²) in [6.07, 6.45) is 0.730. The Bertz CT molecular complexity index is 577. The first kappa shape index (κ1) is 14.1. The number of methoxy groups -OCH3 is 1. The molecule has 0 amide bonds. The van der Waals surface area contributed by atoms with Crippen LogP contribution in [0.15, 0.2) is 24.3 Å². The van der Waals surface area contributed by atoms with Crippen molar-refractivity contribution >= 4 is 15.8 Å². The molecule has 4 nitrogen and oxygen atoms in total. The fraction of sp³-hybridized carbons (Fsp3) is 0.500. The first-order chi connectivity index (χ1) is 8.94. The molecule has 19 heavy (non-hydrogen) atoms. The number of esters is 1. The van der Waals surface area contributed by atoms with Gasteiger partial charge in [-0.2, -0.15) is 0 Å². The standard InChI is InChI=1S/C14H18O4S/c1-10(7-14(15)18-2)19(16,17)9-12-8-11-5-3-4-6-13(11)12/h3-6,10,12H,7-9H2,1-2H3. The molecule has 5 heteroatoms. The van der Waals surface area contributed by atoms with Crippen molar-refractivity contribution in [1.82, 2.24) is 0 Å². The summed E-state index contributed by atoms with van der Waals surface area (Å²) in [5.41, 5.74) is 2.35. The van der Waals surface area contributed by atoms with Gasteiger partial charge in [-0.3, -0.25) is 4.79 Å². The predicted octanol–water partition coefficient (Wildman–Crippen LogP) is 1.69. The molecule has 0 fully saturated rings. The number of carbonyl (C=O) groups excluding carboxylic acids is 1. The molecule has 2 unspecified atom stereocenters. The number of carbonyl (C=O) groups is 1. The lowest BCUT2D eigenvalue weighted by Gasteiger charge is -2.30. The van der Waals surface area contributed by atoms with E-state index in [1.807, 2.05) is 24.3 Å². The quantitative estimate of drug-likeness (QED) is 0.771. The van der Waals surface area contributed by atoms with E-state index in [1.165, 1.54) is 12.7 Å². The van der Waals surface area contributed by atoms with Gasteiger partial charge < -0.3 is 4.74 Å². The minimum absolute atomic E-state index is 0.0706. The highest BCUT2D eigenvalue weighted by molar-refractivity contribution is 7.92. The zero-order valence-corrected chi connectivity index (χ0v) is 11.9. The van der Waals surface area contributed by atoms with E-state index in [1.54, 1.807) is 6.92 Å². The smallest absolute Gasteiger partial charge is 0.306 e. The summed E-state index contributed by atoms with van der Waals surface area (Å²) in [7, 11) is -2.00. The van der Waals surface area contributed by atoms with Crippen LogP contribution >= 0.6 is 0 Å². The largest absolute Gasteiger partial charge is 0.469 e. The third-order valence-corrected chi connectivity index (χ3v) is 5.95. The summed E-state index contributed by atoms with van der Waals surface area (Å²) in [6.45, 7) is 1.57. The van der Waals surface area contributed by atoms with Crippen LogP contribution in [0.25, 0.3) is 0 Å². The predicted molar refractivity (Wildman–Crippen MR) is 72.8 cm³/mol. The molecule has 0 N–H and O–H groups in total. The van der Waals surface area contributed by atoms with Crippen molar-refractivity contribution in [1.29, 1.82) is 0 Å².